The molecule has 2 aromatic rings. The maximum atomic E-state index is 4.53. The molecule has 19 heavy (non-hydrogen) atoms. The van der Waals surface area contributed by atoms with E-state index in [2.05, 4.69) is 34.1 Å². The summed E-state index contributed by atoms with van der Waals surface area (Å²) in [6.07, 6.45) is 4.99. The molecule has 2 aromatic heterocycles. The highest BCUT2D eigenvalue weighted by Gasteiger charge is 2.23. The van der Waals surface area contributed by atoms with E-state index < -0.39 is 0 Å². The minimum Gasteiger partial charge on any atom is -0.370 e. The molecule has 102 valence electrons. The number of anilines is 1. The topological polar surface area (TPSA) is 45.5 Å². The first-order valence-corrected chi connectivity index (χ1v) is 7.00. The molecule has 1 aliphatic rings. The molecule has 1 atom stereocenters. The van der Waals surface area contributed by atoms with Gasteiger partial charge in [-0.05, 0) is 38.8 Å². The van der Waals surface area contributed by atoms with Crippen LogP contribution in [0.3, 0.4) is 0 Å². The van der Waals surface area contributed by atoms with Gasteiger partial charge in [0, 0.05) is 31.4 Å². The van der Waals surface area contributed by atoms with Gasteiger partial charge < -0.3 is 10.2 Å². The molecule has 5 heteroatoms. The summed E-state index contributed by atoms with van der Waals surface area (Å²) in [4.78, 5) is 7.07. The molecule has 0 spiro atoms. The molecule has 1 saturated heterocycles. The van der Waals surface area contributed by atoms with Gasteiger partial charge in [-0.15, -0.1) is 0 Å². The van der Waals surface area contributed by atoms with Gasteiger partial charge in [-0.1, -0.05) is 0 Å². The van der Waals surface area contributed by atoms with Crippen LogP contribution >= 0.6 is 0 Å². The van der Waals surface area contributed by atoms with Gasteiger partial charge in [0.25, 0.3) is 0 Å². The molecule has 3 rings (SSSR count). The van der Waals surface area contributed by atoms with Crippen LogP contribution in [0.5, 0.6) is 0 Å². The van der Waals surface area contributed by atoms with Gasteiger partial charge in [-0.2, -0.15) is 5.10 Å². The lowest BCUT2D eigenvalue weighted by Crippen LogP contribution is -2.29. The van der Waals surface area contributed by atoms with Crippen molar-refractivity contribution in [2.75, 3.05) is 25.0 Å². The molecule has 1 fully saturated rings. The first kappa shape index (κ1) is 12.4. The Balaban J connectivity index is 1.57. The molecular formula is C14H21N5. The van der Waals surface area contributed by atoms with Gasteiger partial charge in [0.2, 0.25) is 0 Å². The third-order valence-electron chi connectivity index (χ3n) is 3.88. The largest absolute Gasteiger partial charge is 0.370 e. The number of hydrogen-bond donors (Lipinski definition) is 1. The van der Waals surface area contributed by atoms with Crippen molar-refractivity contribution in [2.45, 2.75) is 26.3 Å². The van der Waals surface area contributed by atoms with E-state index in [4.69, 9.17) is 0 Å². The van der Waals surface area contributed by atoms with Gasteiger partial charge in [0.1, 0.15) is 5.82 Å². The molecule has 0 saturated carbocycles. The predicted molar refractivity (Wildman–Crippen MR) is 76.3 cm³/mol. The van der Waals surface area contributed by atoms with Gasteiger partial charge in [-0.25, -0.2) is 9.50 Å². The van der Waals surface area contributed by atoms with Gasteiger partial charge in [-0.3, -0.25) is 0 Å². The zero-order chi connectivity index (χ0) is 13.2. The zero-order valence-electron chi connectivity index (χ0n) is 11.6. The number of aromatic nitrogens is 3. The van der Waals surface area contributed by atoms with E-state index in [9.17, 15) is 0 Å². The first-order chi connectivity index (χ1) is 9.22. The second-order valence-electron chi connectivity index (χ2n) is 5.57. The van der Waals surface area contributed by atoms with Crippen LogP contribution in [0.25, 0.3) is 5.65 Å². The Bertz CT molecular complexity index is 548. The van der Waals surface area contributed by atoms with Crippen LogP contribution in [0, 0.1) is 5.92 Å². The fraction of sp³-hybridized carbons (Fsp3) is 0.571. The van der Waals surface area contributed by atoms with E-state index in [0.29, 0.717) is 6.04 Å². The lowest BCUT2D eigenvalue weighted by molar-refractivity contribution is 0.266. The van der Waals surface area contributed by atoms with Crippen LogP contribution in [0.15, 0.2) is 24.5 Å². The van der Waals surface area contributed by atoms with Crippen LogP contribution in [0.1, 0.15) is 20.3 Å². The fourth-order valence-electron chi connectivity index (χ4n) is 2.66. The molecule has 3 heterocycles. The van der Waals surface area contributed by atoms with Crippen molar-refractivity contribution in [1.82, 2.24) is 19.5 Å². The van der Waals surface area contributed by atoms with E-state index in [1.165, 1.54) is 19.5 Å². The molecule has 0 amide bonds. The van der Waals surface area contributed by atoms with E-state index in [1.807, 2.05) is 18.3 Å². The minimum absolute atomic E-state index is 0.659. The average molecular weight is 259 g/mol. The summed E-state index contributed by atoms with van der Waals surface area (Å²) in [5.41, 5.74) is 0.889. The fourth-order valence-corrected chi connectivity index (χ4v) is 2.66. The predicted octanol–water partition coefficient (Wildman–Crippen LogP) is 1.87. The quantitative estimate of drug-likeness (QED) is 0.910. The number of fused-ring (bicyclic) bond motifs is 1. The summed E-state index contributed by atoms with van der Waals surface area (Å²) in [5.74, 6) is 1.67. The van der Waals surface area contributed by atoms with E-state index in [-0.39, 0.29) is 0 Å². The van der Waals surface area contributed by atoms with E-state index in [1.54, 1.807) is 10.7 Å². The first-order valence-electron chi connectivity index (χ1n) is 7.00. The zero-order valence-corrected chi connectivity index (χ0v) is 11.6. The maximum Gasteiger partial charge on any atom is 0.157 e. The minimum atomic E-state index is 0.659. The number of rotatable bonds is 4. The van der Waals surface area contributed by atoms with Crippen LogP contribution in [0.4, 0.5) is 5.82 Å². The van der Waals surface area contributed by atoms with Crippen LogP contribution in [0.2, 0.25) is 0 Å². The third kappa shape index (κ3) is 2.71. The Hall–Kier alpha value is -1.62. The molecule has 1 N–H and O–H groups in total. The Kier molecular flexibility index (Phi) is 3.38. The Labute approximate surface area is 113 Å². The summed E-state index contributed by atoms with van der Waals surface area (Å²) in [5, 5.41) is 7.60. The van der Waals surface area contributed by atoms with Gasteiger partial charge in [0.15, 0.2) is 5.65 Å². The standard InChI is InChI=1S/C14H21N5/c1-11(2)18-7-4-12(10-18)9-15-13-5-8-19-14(17-13)3-6-16-19/h3,5-6,8,11-12H,4,7,9-10H2,1-2H3,(H,15,17). The third-order valence-corrected chi connectivity index (χ3v) is 3.88. The molecule has 0 bridgehead atoms. The van der Waals surface area contributed by atoms with Crippen molar-refractivity contribution in [1.29, 1.82) is 0 Å². The molecule has 5 nitrogen and oxygen atoms in total. The van der Waals surface area contributed by atoms with E-state index >= 15 is 0 Å². The highest BCUT2D eigenvalue weighted by atomic mass is 15.2. The van der Waals surface area contributed by atoms with Crippen LogP contribution < -0.4 is 5.32 Å². The van der Waals surface area contributed by atoms with E-state index in [0.717, 1.165) is 23.9 Å². The highest BCUT2D eigenvalue weighted by molar-refractivity contribution is 5.45. The molecule has 1 unspecified atom stereocenters. The molecule has 0 radical (unpaired) electrons. The number of nitrogens with zero attached hydrogens (tertiary/aromatic N) is 4. The normalized spacial score (nSPS) is 20.5. The monoisotopic (exact) mass is 259 g/mol. The Morgan fingerprint density at radius 1 is 1.42 bits per heavy atom. The van der Waals surface area contributed by atoms with Gasteiger partial charge in [0.05, 0.1) is 6.20 Å². The molecule has 1 aliphatic heterocycles. The van der Waals surface area contributed by atoms with Crippen molar-refractivity contribution in [2.24, 2.45) is 5.92 Å². The van der Waals surface area contributed by atoms with Crippen molar-refractivity contribution in [3.05, 3.63) is 24.5 Å². The smallest absolute Gasteiger partial charge is 0.157 e. The summed E-state index contributed by atoms with van der Waals surface area (Å²) in [7, 11) is 0. The second kappa shape index (κ2) is 5.17. The van der Waals surface area contributed by atoms with Crippen LogP contribution in [-0.2, 0) is 0 Å². The lowest BCUT2D eigenvalue weighted by Gasteiger charge is -2.20. The SMILES string of the molecule is CC(C)N1CCC(CNc2ccn3nccc3n2)C1. The van der Waals surface area contributed by atoms with Crippen molar-refractivity contribution >= 4 is 11.5 Å². The highest BCUT2D eigenvalue weighted by Crippen LogP contribution is 2.19. The second-order valence-corrected chi connectivity index (χ2v) is 5.57. The Morgan fingerprint density at radius 3 is 3.11 bits per heavy atom. The summed E-state index contributed by atoms with van der Waals surface area (Å²) in [6, 6.07) is 4.56. The lowest BCUT2D eigenvalue weighted by atomic mass is 10.1. The number of likely N-dealkylation sites (tertiary alicyclic amines) is 1. The molecule has 0 aromatic carbocycles. The molecular weight excluding hydrogens is 238 g/mol. The van der Waals surface area contributed by atoms with Crippen molar-refractivity contribution in [3.63, 3.8) is 0 Å². The average Bonchev–Trinajstić information content (AvgIpc) is 3.04. The van der Waals surface area contributed by atoms with Crippen LogP contribution in [-0.4, -0.2) is 45.2 Å². The number of nitrogens with one attached hydrogen (secondary N) is 1. The maximum absolute atomic E-state index is 4.53. The number of hydrogen-bond acceptors (Lipinski definition) is 4. The molecule has 0 aliphatic carbocycles. The summed E-state index contributed by atoms with van der Waals surface area (Å²) in [6.45, 7) is 7.95. The Morgan fingerprint density at radius 2 is 2.32 bits per heavy atom. The van der Waals surface area contributed by atoms with Crippen molar-refractivity contribution < 1.29 is 0 Å². The van der Waals surface area contributed by atoms with Crippen molar-refractivity contribution in [3.8, 4) is 0 Å². The summed E-state index contributed by atoms with van der Waals surface area (Å²) < 4.78 is 1.78. The summed E-state index contributed by atoms with van der Waals surface area (Å²) >= 11 is 0. The van der Waals surface area contributed by atoms with Gasteiger partial charge >= 0.3 is 0 Å².